The highest BCUT2D eigenvalue weighted by Gasteiger charge is 2.07. The van der Waals surface area contributed by atoms with E-state index in [-0.39, 0.29) is 6.61 Å². The van der Waals surface area contributed by atoms with Gasteiger partial charge in [-0.1, -0.05) is 19.2 Å². The van der Waals surface area contributed by atoms with Crippen LogP contribution in [0.25, 0.3) is 0 Å². The van der Waals surface area contributed by atoms with E-state index in [9.17, 15) is 9.59 Å². The number of amides is 1. The lowest BCUT2D eigenvalue weighted by atomic mass is 10.1. The number of rotatable bonds is 7. The molecule has 15 heavy (non-hydrogen) atoms. The first-order valence-corrected chi connectivity index (χ1v) is 4.50. The topological polar surface area (TPSA) is 75.6 Å². The molecular weight excluding hydrogens is 198 g/mol. The quantitative estimate of drug-likeness (QED) is 0.289. The predicted octanol–water partition coefficient (Wildman–Crippen LogP) is 1.32. The Balaban J connectivity index is 3.59. The second-order valence-corrected chi connectivity index (χ2v) is 2.83. The Morgan fingerprint density at radius 3 is 2.67 bits per heavy atom. The summed E-state index contributed by atoms with van der Waals surface area (Å²) < 4.78 is 4.74. The molecule has 0 atom stereocenters. The maximum absolute atomic E-state index is 11.1. The third kappa shape index (κ3) is 7.30. The molecule has 0 aliphatic rings. The summed E-state index contributed by atoms with van der Waals surface area (Å²) in [5.74, 6) is -0.467. The van der Waals surface area contributed by atoms with Gasteiger partial charge in [-0.2, -0.15) is 0 Å². The van der Waals surface area contributed by atoms with E-state index in [0.717, 1.165) is 0 Å². The zero-order valence-electron chi connectivity index (χ0n) is 8.49. The first-order valence-electron chi connectivity index (χ1n) is 4.50. The third-order valence-electron chi connectivity index (χ3n) is 1.55. The number of hydrogen-bond acceptors (Lipinski definition) is 3. The Labute approximate surface area is 88.4 Å². The van der Waals surface area contributed by atoms with Crippen LogP contribution in [-0.4, -0.2) is 30.3 Å². The molecule has 84 valence electrons. The maximum atomic E-state index is 11.1. The number of ether oxygens (including phenoxy) is 1. The SMILES string of the molecule is C=CCOC(=O)C(=C)CCCNC(=O)O. The van der Waals surface area contributed by atoms with E-state index in [4.69, 9.17) is 9.84 Å². The fourth-order valence-corrected chi connectivity index (χ4v) is 0.836. The van der Waals surface area contributed by atoms with Crippen LogP contribution in [-0.2, 0) is 9.53 Å². The lowest BCUT2D eigenvalue weighted by molar-refractivity contribution is -0.137. The van der Waals surface area contributed by atoms with Gasteiger partial charge in [-0.3, -0.25) is 0 Å². The molecule has 0 saturated heterocycles. The molecule has 0 heterocycles. The highest BCUT2D eigenvalue weighted by atomic mass is 16.5. The van der Waals surface area contributed by atoms with Crippen LogP contribution in [0.4, 0.5) is 4.79 Å². The summed E-state index contributed by atoms with van der Waals surface area (Å²) in [5, 5.41) is 10.5. The van der Waals surface area contributed by atoms with E-state index < -0.39 is 12.1 Å². The molecule has 0 aromatic carbocycles. The summed E-state index contributed by atoms with van der Waals surface area (Å²) in [6.07, 6.45) is 1.33. The van der Waals surface area contributed by atoms with Gasteiger partial charge in [-0.15, -0.1) is 0 Å². The minimum absolute atomic E-state index is 0.158. The van der Waals surface area contributed by atoms with Gasteiger partial charge in [-0.25, -0.2) is 9.59 Å². The largest absolute Gasteiger partial charge is 0.465 e. The Morgan fingerprint density at radius 1 is 1.47 bits per heavy atom. The summed E-state index contributed by atoms with van der Waals surface area (Å²) in [7, 11) is 0. The molecule has 2 N–H and O–H groups in total. The molecule has 0 rings (SSSR count). The lowest BCUT2D eigenvalue weighted by Gasteiger charge is -2.05. The number of hydrogen-bond donors (Lipinski definition) is 2. The average Bonchev–Trinajstić information content (AvgIpc) is 2.20. The zero-order valence-corrected chi connectivity index (χ0v) is 8.49. The first-order chi connectivity index (χ1) is 7.07. The van der Waals surface area contributed by atoms with Gasteiger partial charge in [0.2, 0.25) is 0 Å². The van der Waals surface area contributed by atoms with Gasteiger partial charge in [0.15, 0.2) is 0 Å². The molecule has 0 aromatic heterocycles. The molecule has 0 radical (unpaired) electrons. The second kappa shape index (κ2) is 7.61. The number of esters is 1. The fourth-order valence-electron chi connectivity index (χ4n) is 0.836. The van der Waals surface area contributed by atoms with Crippen LogP contribution in [0.2, 0.25) is 0 Å². The van der Waals surface area contributed by atoms with Crippen molar-refractivity contribution >= 4 is 12.1 Å². The van der Waals surface area contributed by atoms with E-state index >= 15 is 0 Å². The summed E-state index contributed by atoms with van der Waals surface area (Å²) in [4.78, 5) is 21.2. The van der Waals surface area contributed by atoms with Crippen LogP contribution in [0.3, 0.4) is 0 Å². The van der Waals surface area contributed by atoms with Gasteiger partial charge < -0.3 is 15.2 Å². The average molecular weight is 213 g/mol. The predicted molar refractivity (Wildman–Crippen MR) is 55.6 cm³/mol. The molecule has 5 nitrogen and oxygen atoms in total. The second-order valence-electron chi connectivity index (χ2n) is 2.83. The van der Waals surface area contributed by atoms with Gasteiger partial charge in [0.1, 0.15) is 6.61 Å². The maximum Gasteiger partial charge on any atom is 0.404 e. The van der Waals surface area contributed by atoms with E-state index in [1.165, 1.54) is 6.08 Å². The van der Waals surface area contributed by atoms with Gasteiger partial charge in [-0.05, 0) is 12.8 Å². The molecule has 0 spiro atoms. The van der Waals surface area contributed by atoms with Crippen LogP contribution in [0.1, 0.15) is 12.8 Å². The molecule has 0 saturated carbocycles. The molecule has 0 aliphatic heterocycles. The van der Waals surface area contributed by atoms with E-state index in [0.29, 0.717) is 25.0 Å². The van der Waals surface area contributed by atoms with Crippen LogP contribution < -0.4 is 5.32 Å². The van der Waals surface area contributed by atoms with Crippen LogP contribution in [0, 0.1) is 0 Å². The van der Waals surface area contributed by atoms with E-state index in [1.807, 2.05) is 0 Å². The standard InChI is InChI=1S/C10H15NO4/c1-3-7-15-9(12)8(2)5-4-6-11-10(13)14/h3,11H,1-2,4-7H2,(H,13,14). The Morgan fingerprint density at radius 2 is 2.13 bits per heavy atom. The van der Waals surface area contributed by atoms with Crippen molar-refractivity contribution in [3.8, 4) is 0 Å². The van der Waals surface area contributed by atoms with Crippen LogP contribution >= 0.6 is 0 Å². The lowest BCUT2D eigenvalue weighted by Crippen LogP contribution is -2.22. The van der Waals surface area contributed by atoms with Crippen LogP contribution in [0.5, 0.6) is 0 Å². The van der Waals surface area contributed by atoms with Crippen molar-refractivity contribution < 1.29 is 19.4 Å². The molecular formula is C10H15NO4. The fraction of sp³-hybridized carbons (Fsp3) is 0.400. The molecule has 5 heteroatoms. The highest BCUT2D eigenvalue weighted by Crippen LogP contribution is 2.03. The van der Waals surface area contributed by atoms with Crippen molar-refractivity contribution in [2.75, 3.05) is 13.2 Å². The van der Waals surface area contributed by atoms with E-state index in [1.54, 1.807) is 0 Å². The number of carboxylic acid groups (broad SMARTS) is 1. The van der Waals surface area contributed by atoms with E-state index in [2.05, 4.69) is 18.5 Å². The zero-order chi connectivity index (χ0) is 11.7. The Hall–Kier alpha value is -1.78. The molecule has 0 aromatic rings. The molecule has 0 bridgehead atoms. The van der Waals surface area contributed by atoms with Gasteiger partial charge in [0, 0.05) is 12.1 Å². The van der Waals surface area contributed by atoms with Crippen LogP contribution in [0.15, 0.2) is 24.8 Å². The highest BCUT2D eigenvalue weighted by molar-refractivity contribution is 5.87. The Kier molecular flexibility index (Phi) is 6.70. The Bertz CT molecular complexity index is 260. The number of carbonyl (C=O) groups excluding carboxylic acids is 1. The first kappa shape index (κ1) is 13.2. The normalized spacial score (nSPS) is 9.07. The van der Waals surface area contributed by atoms with Crippen molar-refractivity contribution in [3.63, 3.8) is 0 Å². The molecule has 0 aliphatic carbocycles. The van der Waals surface area contributed by atoms with Gasteiger partial charge in [0.05, 0.1) is 0 Å². The summed E-state index contributed by atoms with van der Waals surface area (Å²) >= 11 is 0. The van der Waals surface area contributed by atoms with Gasteiger partial charge in [0.25, 0.3) is 0 Å². The summed E-state index contributed by atoms with van der Waals surface area (Å²) in [5.41, 5.74) is 0.337. The third-order valence-corrected chi connectivity index (χ3v) is 1.55. The smallest absolute Gasteiger partial charge is 0.404 e. The number of carbonyl (C=O) groups is 2. The molecule has 0 unspecified atom stereocenters. The van der Waals surface area contributed by atoms with Crippen molar-refractivity contribution in [1.29, 1.82) is 0 Å². The van der Waals surface area contributed by atoms with Gasteiger partial charge >= 0.3 is 12.1 Å². The van der Waals surface area contributed by atoms with Crippen molar-refractivity contribution in [1.82, 2.24) is 5.32 Å². The number of nitrogens with one attached hydrogen (secondary N) is 1. The van der Waals surface area contributed by atoms with Crippen molar-refractivity contribution in [2.24, 2.45) is 0 Å². The van der Waals surface area contributed by atoms with Crippen molar-refractivity contribution in [2.45, 2.75) is 12.8 Å². The summed E-state index contributed by atoms with van der Waals surface area (Å²) in [6, 6.07) is 0. The van der Waals surface area contributed by atoms with Crippen molar-refractivity contribution in [3.05, 3.63) is 24.8 Å². The minimum Gasteiger partial charge on any atom is -0.465 e. The molecule has 0 fully saturated rings. The monoisotopic (exact) mass is 213 g/mol. The minimum atomic E-state index is -1.07. The summed E-state index contributed by atoms with van der Waals surface area (Å²) in [6.45, 7) is 7.40. The molecule has 1 amide bonds.